The molecule has 0 saturated carbocycles. The average molecular weight is 344 g/mol. The topological polar surface area (TPSA) is 17.1 Å². The molecule has 0 N–H and O–H groups in total. The van der Waals surface area contributed by atoms with Crippen LogP contribution in [0.15, 0.2) is 60.7 Å². The van der Waals surface area contributed by atoms with Gasteiger partial charge in [-0.25, -0.2) is 0 Å². The second kappa shape index (κ2) is 9.08. The van der Waals surface area contributed by atoms with Crippen LogP contribution in [-0.2, 0) is 0 Å². The van der Waals surface area contributed by atoms with Crippen LogP contribution in [0, 0.1) is 17.8 Å². The van der Waals surface area contributed by atoms with Crippen LogP contribution in [0.4, 0.5) is 13.2 Å². The number of halogens is 3. The number of rotatable bonds is 6. The van der Waals surface area contributed by atoms with Crippen molar-refractivity contribution in [3.8, 4) is 11.8 Å². The summed E-state index contributed by atoms with van der Waals surface area (Å²) >= 11 is 0. The van der Waals surface area contributed by atoms with E-state index in [-0.39, 0.29) is 18.6 Å². The first kappa shape index (κ1) is 18.8. The highest BCUT2D eigenvalue weighted by molar-refractivity contribution is 5.95. The summed E-state index contributed by atoms with van der Waals surface area (Å²) in [5, 5.41) is 0. The lowest BCUT2D eigenvalue weighted by Crippen LogP contribution is -2.14. The van der Waals surface area contributed by atoms with Crippen LogP contribution < -0.4 is 0 Å². The van der Waals surface area contributed by atoms with Crippen LogP contribution in [0.3, 0.4) is 0 Å². The van der Waals surface area contributed by atoms with Gasteiger partial charge in [0.15, 0.2) is 5.78 Å². The van der Waals surface area contributed by atoms with E-state index in [2.05, 4.69) is 11.8 Å². The molecule has 2 aromatic carbocycles. The quantitative estimate of drug-likeness (QED) is 0.488. The Kier molecular flexibility index (Phi) is 6.82. The van der Waals surface area contributed by atoms with Gasteiger partial charge in [-0.2, -0.15) is 13.2 Å². The summed E-state index contributed by atoms with van der Waals surface area (Å²) in [5.74, 6) is 4.67. The van der Waals surface area contributed by atoms with Gasteiger partial charge >= 0.3 is 6.18 Å². The van der Waals surface area contributed by atoms with Crippen molar-refractivity contribution in [3.63, 3.8) is 0 Å². The minimum Gasteiger partial charge on any atom is -0.294 e. The van der Waals surface area contributed by atoms with Crippen molar-refractivity contribution in [2.24, 2.45) is 5.92 Å². The summed E-state index contributed by atoms with van der Waals surface area (Å²) in [6.45, 7) is 0. The number of ketones is 1. The van der Waals surface area contributed by atoms with Gasteiger partial charge in [0.05, 0.1) is 6.42 Å². The van der Waals surface area contributed by atoms with E-state index in [1.54, 1.807) is 48.5 Å². The van der Waals surface area contributed by atoms with Crippen molar-refractivity contribution >= 4 is 5.78 Å². The van der Waals surface area contributed by atoms with Crippen LogP contribution >= 0.6 is 0 Å². The molecule has 0 fully saturated rings. The number of Topliss-reactive ketones (excluding diaryl/α,β-unsaturated/α-hetero) is 1. The summed E-state index contributed by atoms with van der Waals surface area (Å²) in [6, 6.07) is 17.7. The first-order valence-electron chi connectivity index (χ1n) is 8.15. The molecule has 0 amide bonds. The molecule has 0 radical (unpaired) electrons. The summed E-state index contributed by atoms with van der Waals surface area (Å²) in [7, 11) is 0. The Labute approximate surface area is 145 Å². The van der Waals surface area contributed by atoms with Gasteiger partial charge in [0.25, 0.3) is 0 Å². The lowest BCUT2D eigenvalue weighted by molar-refractivity contribution is -0.141. The molecule has 2 aromatic rings. The van der Waals surface area contributed by atoms with Crippen molar-refractivity contribution in [1.29, 1.82) is 0 Å². The van der Waals surface area contributed by atoms with Gasteiger partial charge in [-0.3, -0.25) is 4.79 Å². The molecule has 1 unspecified atom stereocenters. The second-order valence-electron chi connectivity index (χ2n) is 5.83. The van der Waals surface area contributed by atoms with E-state index in [0.717, 1.165) is 0 Å². The average Bonchev–Trinajstić information content (AvgIpc) is 2.60. The summed E-state index contributed by atoms with van der Waals surface area (Å²) in [5.41, 5.74) is 1.28. The van der Waals surface area contributed by atoms with Gasteiger partial charge in [0.2, 0.25) is 0 Å². The summed E-state index contributed by atoms with van der Waals surface area (Å²) in [4.78, 5) is 12.0. The fourth-order valence-electron chi connectivity index (χ4n) is 2.49. The lowest BCUT2D eigenvalue weighted by atomic mass is 9.96. The van der Waals surface area contributed by atoms with Crippen molar-refractivity contribution in [1.82, 2.24) is 0 Å². The lowest BCUT2D eigenvalue weighted by Gasteiger charge is -2.13. The first-order chi connectivity index (χ1) is 11.9. The fraction of sp³-hybridized carbons (Fsp3) is 0.286. The van der Waals surface area contributed by atoms with Crippen molar-refractivity contribution in [2.45, 2.75) is 31.9 Å². The normalized spacial score (nSPS) is 12.1. The van der Waals surface area contributed by atoms with E-state index in [1.807, 2.05) is 12.1 Å². The zero-order valence-corrected chi connectivity index (χ0v) is 13.7. The van der Waals surface area contributed by atoms with Crippen LogP contribution in [0.5, 0.6) is 0 Å². The van der Waals surface area contributed by atoms with Gasteiger partial charge in [0.1, 0.15) is 0 Å². The van der Waals surface area contributed by atoms with Gasteiger partial charge < -0.3 is 0 Å². The Balaban J connectivity index is 1.95. The van der Waals surface area contributed by atoms with E-state index in [9.17, 15) is 18.0 Å². The number of carbonyl (C=O) groups is 1. The molecule has 4 heteroatoms. The highest BCUT2D eigenvalue weighted by Gasteiger charge is 2.31. The molecule has 0 aliphatic rings. The first-order valence-corrected chi connectivity index (χ1v) is 8.15. The van der Waals surface area contributed by atoms with E-state index >= 15 is 0 Å². The molecule has 25 heavy (non-hydrogen) atoms. The molecular weight excluding hydrogens is 325 g/mol. The number of benzene rings is 2. The Morgan fingerprint density at radius 2 is 1.56 bits per heavy atom. The van der Waals surface area contributed by atoms with Crippen LogP contribution in [0.25, 0.3) is 0 Å². The minimum atomic E-state index is -4.26. The summed E-state index contributed by atoms with van der Waals surface area (Å²) in [6.07, 6.45) is -4.35. The highest BCUT2D eigenvalue weighted by Crippen LogP contribution is 2.27. The number of carbonyl (C=O) groups excluding carboxylic acids is 1. The standard InChI is InChI=1S/C21H19F3O/c22-21(23,24)16-18(15-14-17-8-3-1-4-9-17)10-7-13-20(25)19-11-5-2-6-12-19/h1-6,8-9,11-12,18H,7,10,13,16H2. The van der Waals surface area contributed by atoms with Crippen LogP contribution in [0.1, 0.15) is 41.6 Å². The van der Waals surface area contributed by atoms with Gasteiger partial charge in [-0.05, 0) is 25.0 Å². The fourth-order valence-corrected chi connectivity index (χ4v) is 2.49. The molecule has 0 aliphatic carbocycles. The Hall–Kier alpha value is -2.54. The van der Waals surface area contributed by atoms with Crippen molar-refractivity contribution < 1.29 is 18.0 Å². The van der Waals surface area contributed by atoms with Gasteiger partial charge in [0, 0.05) is 23.5 Å². The molecule has 0 saturated heterocycles. The van der Waals surface area contributed by atoms with Crippen molar-refractivity contribution in [3.05, 3.63) is 71.8 Å². The van der Waals surface area contributed by atoms with Crippen molar-refractivity contribution in [2.75, 3.05) is 0 Å². The number of alkyl halides is 3. The molecule has 2 rings (SSSR count). The van der Waals surface area contributed by atoms with Gasteiger partial charge in [-0.1, -0.05) is 60.4 Å². The maximum absolute atomic E-state index is 12.7. The van der Waals surface area contributed by atoms with E-state index < -0.39 is 18.5 Å². The molecule has 1 atom stereocenters. The molecular formula is C21H19F3O. The SMILES string of the molecule is O=C(CCCC(C#Cc1ccccc1)CC(F)(F)F)c1ccccc1. The third-order valence-electron chi connectivity index (χ3n) is 3.72. The Morgan fingerprint density at radius 1 is 0.960 bits per heavy atom. The second-order valence-corrected chi connectivity index (χ2v) is 5.83. The molecule has 0 bridgehead atoms. The molecule has 0 spiro atoms. The molecule has 0 aromatic heterocycles. The van der Waals surface area contributed by atoms with E-state index in [4.69, 9.17) is 0 Å². The zero-order chi connectivity index (χ0) is 18.1. The maximum atomic E-state index is 12.7. The molecule has 0 heterocycles. The Morgan fingerprint density at radius 3 is 2.16 bits per heavy atom. The molecule has 0 aliphatic heterocycles. The predicted octanol–water partition coefficient (Wildman–Crippen LogP) is 5.66. The highest BCUT2D eigenvalue weighted by atomic mass is 19.4. The smallest absolute Gasteiger partial charge is 0.294 e. The maximum Gasteiger partial charge on any atom is 0.390 e. The zero-order valence-electron chi connectivity index (χ0n) is 13.7. The van der Waals surface area contributed by atoms with Crippen LogP contribution in [-0.4, -0.2) is 12.0 Å². The monoisotopic (exact) mass is 344 g/mol. The largest absolute Gasteiger partial charge is 0.390 e. The minimum absolute atomic E-state index is 0.0534. The van der Waals surface area contributed by atoms with Crippen LogP contribution in [0.2, 0.25) is 0 Å². The number of hydrogen-bond acceptors (Lipinski definition) is 1. The predicted molar refractivity (Wildman–Crippen MR) is 92.1 cm³/mol. The van der Waals surface area contributed by atoms with Gasteiger partial charge in [-0.15, -0.1) is 0 Å². The third kappa shape index (κ3) is 7.26. The third-order valence-corrected chi connectivity index (χ3v) is 3.72. The van der Waals surface area contributed by atoms with E-state index in [1.165, 1.54) is 0 Å². The molecule has 130 valence electrons. The van der Waals surface area contributed by atoms with E-state index in [0.29, 0.717) is 17.5 Å². The summed E-state index contributed by atoms with van der Waals surface area (Å²) < 4.78 is 38.2. The molecule has 1 nitrogen and oxygen atoms in total. The number of hydrogen-bond donors (Lipinski definition) is 0. The Bertz CT molecular complexity index is 724.